The second-order valence-corrected chi connectivity index (χ2v) is 7.57. The molecule has 1 atom stereocenters. The molecule has 0 aliphatic carbocycles. The molecule has 1 heterocycles. The zero-order valence-corrected chi connectivity index (χ0v) is 16.8. The number of amides is 1. The van der Waals surface area contributed by atoms with Gasteiger partial charge in [-0.1, -0.05) is 60.1 Å². The Morgan fingerprint density at radius 3 is 2.74 bits per heavy atom. The van der Waals surface area contributed by atoms with E-state index in [2.05, 4.69) is 15.5 Å². The number of aryl methyl sites for hydroxylation is 1. The van der Waals surface area contributed by atoms with Crippen LogP contribution in [0.4, 0.5) is 0 Å². The molecule has 5 nitrogen and oxygen atoms in total. The third-order valence-electron chi connectivity index (χ3n) is 4.16. The van der Waals surface area contributed by atoms with Crippen LogP contribution in [0.15, 0.2) is 60.0 Å². The van der Waals surface area contributed by atoms with Crippen LogP contribution in [0.2, 0.25) is 5.02 Å². The molecule has 0 fully saturated rings. The zero-order chi connectivity index (χ0) is 19.2. The van der Waals surface area contributed by atoms with Crippen LogP contribution in [0.25, 0.3) is 5.69 Å². The average Bonchev–Trinajstić information content (AvgIpc) is 3.13. The molecule has 3 aromatic rings. The van der Waals surface area contributed by atoms with Crippen LogP contribution in [0.5, 0.6) is 0 Å². The van der Waals surface area contributed by atoms with E-state index in [0.717, 1.165) is 17.7 Å². The summed E-state index contributed by atoms with van der Waals surface area (Å²) in [6, 6.07) is 15.6. The van der Waals surface area contributed by atoms with Crippen LogP contribution >= 0.6 is 23.4 Å². The Hall–Kier alpha value is -2.31. The Morgan fingerprint density at radius 1 is 1.26 bits per heavy atom. The lowest BCUT2D eigenvalue weighted by molar-refractivity contribution is -0.119. The Balaban J connectivity index is 1.63. The molecular weight excluding hydrogens is 380 g/mol. The SMILES string of the molecule is CCC(NC(=O)CSc1nncn1-c1ccc(C)cc1)c1cccc(Cl)c1. The molecule has 0 radical (unpaired) electrons. The lowest BCUT2D eigenvalue weighted by atomic mass is 10.0. The number of nitrogens with zero attached hydrogens (tertiary/aromatic N) is 3. The third kappa shape index (κ3) is 5.11. The van der Waals surface area contributed by atoms with Crippen molar-refractivity contribution in [3.63, 3.8) is 0 Å². The molecule has 3 rings (SSSR count). The number of nitrogens with one attached hydrogen (secondary N) is 1. The first-order chi connectivity index (χ1) is 13.1. The molecule has 140 valence electrons. The van der Waals surface area contributed by atoms with Crippen molar-refractivity contribution in [2.24, 2.45) is 0 Å². The number of benzene rings is 2. The third-order valence-corrected chi connectivity index (χ3v) is 5.33. The van der Waals surface area contributed by atoms with Crippen LogP contribution < -0.4 is 5.32 Å². The van der Waals surface area contributed by atoms with E-state index in [9.17, 15) is 4.79 Å². The second-order valence-electron chi connectivity index (χ2n) is 6.19. The van der Waals surface area contributed by atoms with E-state index in [-0.39, 0.29) is 17.7 Å². The summed E-state index contributed by atoms with van der Waals surface area (Å²) in [4.78, 5) is 12.4. The summed E-state index contributed by atoms with van der Waals surface area (Å²) in [5.74, 6) is 0.215. The van der Waals surface area contributed by atoms with Gasteiger partial charge in [-0.25, -0.2) is 0 Å². The molecule has 1 amide bonds. The van der Waals surface area contributed by atoms with Gasteiger partial charge in [0, 0.05) is 10.7 Å². The van der Waals surface area contributed by atoms with Gasteiger partial charge >= 0.3 is 0 Å². The number of thioether (sulfide) groups is 1. The van der Waals surface area contributed by atoms with Crippen LogP contribution in [0, 0.1) is 6.92 Å². The minimum absolute atomic E-state index is 0.0507. The van der Waals surface area contributed by atoms with Crippen molar-refractivity contribution in [3.05, 3.63) is 71.0 Å². The Morgan fingerprint density at radius 2 is 2.04 bits per heavy atom. The van der Waals surface area contributed by atoms with Crippen LogP contribution in [-0.4, -0.2) is 26.4 Å². The van der Waals surface area contributed by atoms with Gasteiger partial charge in [-0.3, -0.25) is 9.36 Å². The first kappa shape index (κ1) is 19.5. The zero-order valence-electron chi connectivity index (χ0n) is 15.2. The predicted octanol–water partition coefficient (Wildman–Crippen LogP) is 4.59. The Kier molecular flexibility index (Phi) is 6.53. The molecule has 1 N–H and O–H groups in total. The summed E-state index contributed by atoms with van der Waals surface area (Å²) in [6.45, 7) is 4.08. The summed E-state index contributed by atoms with van der Waals surface area (Å²) in [5.41, 5.74) is 3.16. The van der Waals surface area contributed by atoms with E-state index < -0.39 is 0 Å². The number of halogens is 1. The molecule has 0 saturated heterocycles. The molecule has 2 aromatic carbocycles. The number of carbonyl (C=O) groups excluding carboxylic acids is 1. The van der Waals surface area contributed by atoms with E-state index in [1.807, 2.05) is 66.9 Å². The van der Waals surface area contributed by atoms with Gasteiger partial charge in [0.05, 0.1) is 11.8 Å². The van der Waals surface area contributed by atoms with Crippen molar-refractivity contribution in [3.8, 4) is 5.69 Å². The minimum atomic E-state index is -0.0632. The van der Waals surface area contributed by atoms with E-state index in [0.29, 0.717) is 10.2 Å². The van der Waals surface area contributed by atoms with Crippen molar-refractivity contribution in [2.75, 3.05) is 5.75 Å². The topological polar surface area (TPSA) is 59.8 Å². The first-order valence-electron chi connectivity index (χ1n) is 8.71. The molecule has 1 unspecified atom stereocenters. The van der Waals surface area contributed by atoms with Crippen molar-refractivity contribution in [1.29, 1.82) is 0 Å². The van der Waals surface area contributed by atoms with Gasteiger partial charge in [0.25, 0.3) is 0 Å². The molecule has 0 spiro atoms. The van der Waals surface area contributed by atoms with Crippen molar-refractivity contribution >= 4 is 29.3 Å². The van der Waals surface area contributed by atoms with Crippen LogP contribution in [0.1, 0.15) is 30.5 Å². The minimum Gasteiger partial charge on any atom is -0.349 e. The summed E-state index contributed by atoms with van der Waals surface area (Å²) >= 11 is 7.42. The lowest BCUT2D eigenvalue weighted by Gasteiger charge is -2.17. The summed E-state index contributed by atoms with van der Waals surface area (Å²) in [7, 11) is 0. The van der Waals surface area contributed by atoms with Crippen LogP contribution in [0.3, 0.4) is 0 Å². The maximum Gasteiger partial charge on any atom is 0.230 e. The van der Waals surface area contributed by atoms with Gasteiger partial charge in [0.15, 0.2) is 5.16 Å². The van der Waals surface area contributed by atoms with Gasteiger partial charge in [0.2, 0.25) is 5.91 Å². The number of hydrogen-bond acceptors (Lipinski definition) is 4. The fourth-order valence-corrected chi connectivity index (χ4v) is 3.65. The van der Waals surface area contributed by atoms with Gasteiger partial charge in [-0.05, 0) is 43.2 Å². The smallest absolute Gasteiger partial charge is 0.230 e. The molecule has 27 heavy (non-hydrogen) atoms. The maximum atomic E-state index is 12.4. The number of rotatable bonds is 7. The second kappa shape index (κ2) is 9.06. The van der Waals surface area contributed by atoms with E-state index in [1.54, 1.807) is 6.33 Å². The Labute approximate surface area is 168 Å². The van der Waals surface area contributed by atoms with Gasteiger partial charge in [-0.2, -0.15) is 0 Å². The lowest BCUT2D eigenvalue weighted by Crippen LogP contribution is -2.29. The number of hydrogen-bond donors (Lipinski definition) is 1. The molecule has 0 aliphatic heterocycles. The average molecular weight is 401 g/mol. The molecule has 0 bridgehead atoms. The molecule has 7 heteroatoms. The molecular formula is C20H21ClN4OS. The summed E-state index contributed by atoms with van der Waals surface area (Å²) < 4.78 is 1.88. The fraction of sp³-hybridized carbons (Fsp3) is 0.250. The highest BCUT2D eigenvalue weighted by atomic mass is 35.5. The standard InChI is InChI=1S/C20H21ClN4OS/c1-3-18(15-5-4-6-16(21)11-15)23-19(26)12-27-20-24-22-13-25(20)17-9-7-14(2)8-10-17/h4-11,13,18H,3,12H2,1-2H3,(H,23,26). The van der Waals surface area contributed by atoms with Gasteiger partial charge in [-0.15, -0.1) is 10.2 Å². The first-order valence-corrected chi connectivity index (χ1v) is 10.1. The monoisotopic (exact) mass is 400 g/mol. The summed E-state index contributed by atoms with van der Waals surface area (Å²) in [6.07, 6.45) is 2.45. The molecule has 0 aliphatic rings. The highest BCUT2D eigenvalue weighted by molar-refractivity contribution is 7.99. The Bertz CT molecular complexity index is 910. The number of aromatic nitrogens is 3. The van der Waals surface area contributed by atoms with Crippen molar-refractivity contribution in [1.82, 2.24) is 20.1 Å². The highest BCUT2D eigenvalue weighted by Crippen LogP contribution is 2.22. The van der Waals surface area contributed by atoms with Gasteiger partial charge < -0.3 is 5.32 Å². The fourth-order valence-electron chi connectivity index (χ4n) is 2.72. The van der Waals surface area contributed by atoms with E-state index >= 15 is 0 Å². The highest BCUT2D eigenvalue weighted by Gasteiger charge is 2.15. The molecule has 0 saturated carbocycles. The van der Waals surface area contributed by atoms with E-state index in [1.165, 1.54) is 17.3 Å². The van der Waals surface area contributed by atoms with Crippen molar-refractivity contribution in [2.45, 2.75) is 31.5 Å². The predicted molar refractivity (Wildman–Crippen MR) is 109 cm³/mol. The summed E-state index contributed by atoms with van der Waals surface area (Å²) in [5, 5.41) is 12.5. The van der Waals surface area contributed by atoms with E-state index in [4.69, 9.17) is 11.6 Å². The quantitative estimate of drug-likeness (QED) is 0.589. The largest absolute Gasteiger partial charge is 0.349 e. The van der Waals surface area contributed by atoms with Gasteiger partial charge in [0.1, 0.15) is 6.33 Å². The van der Waals surface area contributed by atoms with Crippen molar-refractivity contribution < 1.29 is 4.79 Å². The normalized spacial score (nSPS) is 12.0. The maximum absolute atomic E-state index is 12.4. The molecule has 1 aromatic heterocycles. The number of carbonyl (C=O) groups is 1. The van der Waals surface area contributed by atoms with Crippen LogP contribution in [-0.2, 0) is 4.79 Å².